The summed E-state index contributed by atoms with van der Waals surface area (Å²) in [5, 5.41) is 87.0. The second-order valence-corrected chi connectivity index (χ2v) is 21.4. The topological polar surface area (TPSA) is 228 Å². The van der Waals surface area contributed by atoms with Crippen LogP contribution in [-0.2, 0) is 23.7 Å². The van der Waals surface area contributed by atoms with Gasteiger partial charge in [-0.1, -0.05) is 212 Å². The van der Waals surface area contributed by atoms with Crippen molar-refractivity contribution in [1.29, 1.82) is 0 Å². The maximum absolute atomic E-state index is 13.3. The van der Waals surface area contributed by atoms with E-state index in [-0.39, 0.29) is 18.9 Å². The average Bonchev–Trinajstić information content (AvgIpc) is 3.56. The van der Waals surface area contributed by atoms with E-state index in [1.165, 1.54) is 57.8 Å². The summed E-state index contributed by atoms with van der Waals surface area (Å²) < 4.78 is 22.7. The molecule has 9 N–H and O–H groups in total. The fraction of sp³-hybridized carbons (Fsp3) is 0.662. The summed E-state index contributed by atoms with van der Waals surface area (Å²) in [5.74, 6) is -0.266. The number of aliphatic hydroxyl groups is 8. The lowest BCUT2D eigenvalue weighted by molar-refractivity contribution is -0.359. The maximum atomic E-state index is 13.3. The number of amides is 1. The fourth-order valence-corrected chi connectivity index (χ4v) is 9.28. The molecule has 0 aromatic heterocycles. The van der Waals surface area contributed by atoms with Gasteiger partial charge in [-0.25, -0.2) is 0 Å². The van der Waals surface area contributed by atoms with Crippen LogP contribution in [0.15, 0.2) is 134 Å². The molecule has 0 aromatic carbocycles. The van der Waals surface area contributed by atoms with E-state index in [1.807, 2.05) is 6.08 Å². The minimum absolute atomic E-state index is 0.255. The minimum Gasteiger partial charge on any atom is -0.394 e. The molecule has 466 valence electrons. The lowest BCUT2D eigenvalue weighted by Crippen LogP contribution is -2.65. The Balaban J connectivity index is 1.67. The quantitative estimate of drug-likeness (QED) is 0.0204. The van der Waals surface area contributed by atoms with Gasteiger partial charge in [-0.2, -0.15) is 0 Å². The van der Waals surface area contributed by atoms with Crippen LogP contribution < -0.4 is 5.32 Å². The molecule has 0 saturated carbocycles. The van der Waals surface area contributed by atoms with E-state index < -0.39 is 86.8 Å². The van der Waals surface area contributed by atoms with Crippen molar-refractivity contribution in [3.8, 4) is 0 Å². The van der Waals surface area contributed by atoms with E-state index in [9.17, 15) is 45.6 Å². The molecule has 14 nitrogen and oxygen atoms in total. The van der Waals surface area contributed by atoms with Crippen molar-refractivity contribution in [2.45, 2.75) is 267 Å². The van der Waals surface area contributed by atoms with Crippen LogP contribution in [-0.4, -0.2) is 140 Å². The highest BCUT2D eigenvalue weighted by molar-refractivity contribution is 5.76. The first-order valence-electron chi connectivity index (χ1n) is 31.4. The standard InChI is InChI=1S/C68H111NO13/c1-3-5-7-9-11-13-15-17-18-19-20-21-22-23-24-25-26-27-28-29-30-31-32-33-34-35-36-37-38-40-42-44-46-48-50-52-60(73)69-56(57(72)51-49-47-45-43-41-39-16-14-12-10-8-6-4-2)55-79-67-65(78)63(76)66(59(54-71)81-67)82-68-64(77)62(75)61(74)58(53-70)80-68/h5,7,11-14,17-18,20-21,23-24,26-27,29-30,32-33,41,43,49,51,56-59,61-68,70-72,74-78H,3-4,6,8-10,15-16,19,22,25,28,31,34-40,42,44-48,50,52-55H2,1-2H3,(H,69,73)/b7-5-,13-11-,14-12+,18-17-,21-20-,24-23-,27-26-,30-29-,33-32-,43-41+,51-49+. The summed E-state index contributed by atoms with van der Waals surface area (Å²) in [6.45, 7) is 2.59. The molecule has 0 aromatic rings. The van der Waals surface area contributed by atoms with Crippen molar-refractivity contribution in [2.24, 2.45) is 0 Å². The predicted octanol–water partition coefficient (Wildman–Crippen LogP) is 11.6. The summed E-state index contributed by atoms with van der Waals surface area (Å²) in [6, 6.07) is -0.949. The van der Waals surface area contributed by atoms with Crippen LogP contribution in [0, 0.1) is 0 Å². The summed E-state index contributed by atoms with van der Waals surface area (Å²) in [4.78, 5) is 13.3. The van der Waals surface area contributed by atoms with Crippen LogP contribution in [0.5, 0.6) is 0 Å². The zero-order valence-corrected chi connectivity index (χ0v) is 50.2. The lowest BCUT2D eigenvalue weighted by atomic mass is 9.97. The van der Waals surface area contributed by atoms with E-state index >= 15 is 0 Å². The Morgan fingerprint density at radius 2 is 0.854 bits per heavy atom. The SMILES string of the molecule is CC/C=C\C/C=C\C/C=C\C/C=C\C/C=C\C/C=C\C/C=C\C/C=C\CCCCCCCCCCCCC(=O)NC(COC1OC(CO)C(OC2OC(CO)C(O)C(O)C2O)C(O)C1O)C(O)/C=C/CC/C=C/CC/C=C/CCCCC. The first kappa shape index (κ1) is 74.2. The van der Waals surface area contributed by atoms with E-state index in [0.717, 1.165) is 103 Å². The highest BCUT2D eigenvalue weighted by Crippen LogP contribution is 2.30. The van der Waals surface area contributed by atoms with Crippen LogP contribution in [0.1, 0.15) is 194 Å². The first-order chi connectivity index (χ1) is 40.1. The van der Waals surface area contributed by atoms with Gasteiger partial charge in [0, 0.05) is 6.42 Å². The van der Waals surface area contributed by atoms with E-state index in [2.05, 4.69) is 141 Å². The van der Waals surface area contributed by atoms with Crippen LogP contribution in [0.4, 0.5) is 0 Å². The molecule has 2 rings (SSSR count). The molecule has 14 heteroatoms. The number of hydrogen-bond acceptors (Lipinski definition) is 13. The average molecular weight is 1150 g/mol. The van der Waals surface area contributed by atoms with E-state index in [0.29, 0.717) is 12.8 Å². The van der Waals surface area contributed by atoms with Gasteiger partial charge in [0.25, 0.3) is 0 Å². The Morgan fingerprint density at radius 1 is 0.451 bits per heavy atom. The number of nitrogens with one attached hydrogen (secondary N) is 1. The van der Waals surface area contributed by atoms with Crippen LogP contribution >= 0.6 is 0 Å². The van der Waals surface area contributed by atoms with Gasteiger partial charge < -0.3 is 65.1 Å². The Hall–Kier alpha value is -3.87. The molecule has 1 amide bonds. The Kier molecular flexibility index (Phi) is 46.7. The van der Waals surface area contributed by atoms with Crippen LogP contribution in [0.25, 0.3) is 0 Å². The highest BCUT2D eigenvalue weighted by Gasteiger charge is 2.51. The van der Waals surface area contributed by atoms with Gasteiger partial charge in [0.05, 0.1) is 32.0 Å². The third-order valence-corrected chi connectivity index (χ3v) is 14.3. The molecule has 0 radical (unpaired) electrons. The molecule has 0 aliphatic carbocycles. The molecule has 12 atom stereocenters. The molecule has 0 spiro atoms. The Bertz CT molecular complexity index is 1880. The van der Waals surface area contributed by atoms with Crippen molar-refractivity contribution in [2.75, 3.05) is 19.8 Å². The number of unbranched alkanes of at least 4 members (excludes halogenated alkanes) is 15. The molecule has 2 aliphatic rings. The third-order valence-electron chi connectivity index (χ3n) is 14.3. The third kappa shape index (κ3) is 36.1. The van der Waals surface area contributed by atoms with E-state index in [4.69, 9.17) is 18.9 Å². The van der Waals surface area contributed by atoms with Gasteiger partial charge in [0.15, 0.2) is 12.6 Å². The van der Waals surface area contributed by atoms with Gasteiger partial charge >= 0.3 is 0 Å². The number of carbonyl (C=O) groups excluding carboxylic acids is 1. The number of carbonyl (C=O) groups is 1. The number of aliphatic hydroxyl groups excluding tert-OH is 8. The molecule has 2 fully saturated rings. The lowest BCUT2D eigenvalue weighted by Gasteiger charge is -2.46. The molecule has 2 saturated heterocycles. The molecule has 82 heavy (non-hydrogen) atoms. The van der Waals surface area contributed by atoms with Crippen molar-refractivity contribution in [1.82, 2.24) is 5.32 Å². The highest BCUT2D eigenvalue weighted by atomic mass is 16.7. The van der Waals surface area contributed by atoms with Gasteiger partial charge in [0.2, 0.25) is 5.91 Å². The minimum atomic E-state index is -1.80. The maximum Gasteiger partial charge on any atom is 0.220 e. The zero-order valence-electron chi connectivity index (χ0n) is 50.2. The normalized spacial score (nSPS) is 24.9. The van der Waals surface area contributed by atoms with Crippen molar-refractivity contribution < 1.29 is 64.6 Å². The Morgan fingerprint density at radius 3 is 1.34 bits per heavy atom. The predicted molar refractivity (Wildman–Crippen MR) is 331 cm³/mol. The monoisotopic (exact) mass is 1150 g/mol. The van der Waals surface area contributed by atoms with Crippen LogP contribution in [0.2, 0.25) is 0 Å². The van der Waals surface area contributed by atoms with Gasteiger partial charge in [0.1, 0.15) is 48.8 Å². The molecular weight excluding hydrogens is 1040 g/mol. The summed E-state index contributed by atoms with van der Waals surface area (Å²) >= 11 is 0. The smallest absolute Gasteiger partial charge is 0.220 e. The first-order valence-corrected chi connectivity index (χ1v) is 31.4. The summed E-state index contributed by atoms with van der Waals surface area (Å²) in [5.41, 5.74) is 0. The second-order valence-electron chi connectivity index (χ2n) is 21.4. The van der Waals surface area contributed by atoms with E-state index in [1.54, 1.807) is 6.08 Å². The zero-order chi connectivity index (χ0) is 59.5. The van der Waals surface area contributed by atoms with Gasteiger partial charge in [-0.05, 0) is 109 Å². The molecule has 2 aliphatic heterocycles. The van der Waals surface area contributed by atoms with Crippen LogP contribution in [0.3, 0.4) is 0 Å². The number of ether oxygens (including phenoxy) is 4. The van der Waals surface area contributed by atoms with Gasteiger partial charge in [-0.3, -0.25) is 4.79 Å². The molecule has 12 unspecified atom stereocenters. The fourth-order valence-electron chi connectivity index (χ4n) is 9.28. The summed E-state index contributed by atoms with van der Waals surface area (Å²) in [6.07, 6.45) is 59.3. The summed E-state index contributed by atoms with van der Waals surface area (Å²) in [7, 11) is 0. The van der Waals surface area contributed by atoms with Gasteiger partial charge in [-0.15, -0.1) is 0 Å². The second kappa shape index (κ2) is 51.5. The molecule has 0 bridgehead atoms. The number of rotatable bonds is 48. The van der Waals surface area contributed by atoms with Crippen molar-refractivity contribution >= 4 is 5.91 Å². The number of allylic oxidation sites excluding steroid dienone is 21. The van der Waals surface area contributed by atoms with Crippen molar-refractivity contribution in [3.05, 3.63) is 134 Å². The Labute approximate surface area is 494 Å². The molecule has 2 heterocycles. The largest absolute Gasteiger partial charge is 0.394 e. The van der Waals surface area contributed by atoms with Crippen molar-refractivity contribution in [3.63, 3.8) is 0 Å². The number of hydrogen-bond donors (Lipinski definition) is 9. The molecular formula is C68H111NO13.